The molecule has 5 rings (SSSR count). The molecule has 0 aliphatic carbocycles. The van der Waals surface area contributed by atoms with Gasteiger partial charge in [-0.2, -0.15) is 0 Å². The molecule has 6 heteroatoms. The molecule has 33 heavy (non-hydrogen) atoms. The minimum absolute atomic E-state index is 0.158. The largest absolute Gasteiger partial charge is 0.451 e. The second-order valence-electron chi connectivity index (χ2n) is 8.50. The van der Waals surface area contributed by atoms with Crippen LogP contribution in [0.5, 0.6) is 0 Å². The summed E-state index contributed by atoms with van der Waals surface area (Å²) in [6.45, 7) is 3.36. The second kappa shape index (κ2) is 9.88. The van der Waals surface area contributed by atoms with E-state index in [0.29, 0.717) is 24.0 Å². The predicted octanol–water partition coefficient (Wildman–Crippen LogP) is 5.24. The van der Waals surface area contributed by atoms with Gasteiger partial charge in [0.2, 0.25) is 0 Å². The SMILES string of the molecule is O=C(NCC1CCN(Cc2cc(-c3ccccc3)no2)CC1)c1ccc(-c2ccccc2)o1. The summed E-state index contributed by atoms with van der Waals surface area (Å²) in [5, 5.41) is 7.25. The Hall–Kier alpha value is -3.64. The zero-order valence-corrected chi connectivity index (χ0v) is 18.4. The van der Waals surface area contributed by atoms with Crippen molar-refractivity contribution in [3.05, 3.63) is 90.4 Å². The van der Waals surface area contributed by atoms with E-state index in [-0.39, 0.29) is 5.91 Å². The Bertz CT molecular complexity index is 1180. The Morgan fingerprint density at radius 1 is 0.939 bits per heavy atom. The molecule has 0 atom stereocenters. The van der Waals surface area contributed by atoms with Crippen molar-refractivity contribution >= 4 is 5.91 Å². The molecule has 1 aliphatic heterocycles. The molecular weight excluding hydrogens is 414 g/mol. The lowest BCUT2D eigenvalue weighted by Crippen LogP contribution is -2.38. The van der Waals surface area contributed by atoms with Crippen LogP contribution in [0.4, 0.5) is 0 Å². The summed E-state index contributed by atoms with van der Waals surface area (Å²) < 4.78 is 11.3. The van der Waals surface area contributed by atoms with E-state index >= 15 is 0 Å². The highest BCUT2D eigenvalue weighted by atomic mass is 16.5. The number of carbonyl (C=O) groups excluding carboxylic acids is 1. The molecule has 1 fully saturated rings. The molecule has 1 aliphatic rings. The summed E-state index contributed by atoms with van der Waals surface area (Å²) in [4.78, 5) is 14.9. The van der Waals surface area contributed by atoms with Gasteiger partial charge in [-0.1, -0.05) is 65.8 Å². The van der Waals surface area contributed by atoms with Crippen molar-refractivity contribution in [2.75, 3.05) is 19.6 Å². The number of piperidine rings is 1. The number of nitrogens with one attached hydrogen (secondary N) is 1. The van der Waals surface area contributed by atoms with Gasteiger partial charge in [-0.15, -0.1) is 0 Å². The van der Waals surface area contributed by atoms with Crippen molar-refractivity contribution in [2.45, 2.75) is 19.4 Å². The van der Waals surface area contributed by atoms with E-state index < -0.39 is 0 Å². The molecule has 1 saturated heterocycles. The third kappa shape index (κ3) is 5.23. The summed E-state index contributed by atoms with van der Waals surface area (Å²) in [5.41, 5.74) is 2.90. The maximum absolute atomic E-state index is 12.5. The highest BCUT2D eigenvalue weighted by Gasteiger charge is 2.22. The van der Waals surface area contributed by atoms with Crippen LogP contribution in [0.3, 0.4) is 0 Å². The van der Waals surface area contributed by atoms with Gasteiger partial charge in [0.25, 0.3) is 5.91 Å². The molecule has 2 aromatic heterocycles. The fraction of sp³-hybridized carbons (Fsp3) is 0.259. The smallest absolute Gasteiger partial charge is 0.287 e. The van der Waals surface area contributed by atoms with Crippen LogP contribution < -0.4 is 5.32 Å². The molecule has 0 spiro atoms. The molecule has 0 radical (unpaired) electrons. The number of furan rings is 1. The van der Waals surface area contributed by atoms with Crippen molar-refractivity contribution in [3.8, 4) is 22.6 Å². The predicted molar refractivity (Wildman–Crippen MR) is 126 cm³/mol. The second-order valence-corrected chi connectivity index (χ2v) is 8.50. The minimum atomic E-state index is -0.158. The number of benzene rings is 2. The van der Waals surface area contributed by atoms with Crippen LogP contribution in [-0.2, 0) is 6.54 Å². The van der Waals surface area contributed by atoms with Crippen LogP contribution in [-0.4, -0.2) is 35.6 Å². The number of rotatable bonds is 7. The molecule has 4 aromatic rings. The van der Waals surface area contributed by atoms with E-state index in [1.807, 2.05) is 72.8 Å². The lowest BCUT2D eigenvalue weighted by molar-refractivity contribution is 0.0907. The molecule has 6 nitrogen and oxygen atoms in total. The average Bonchev–Trinajstić information content (AvgIpc) is 3.55. The number of likely N-dealkylation sites (tertiary alicyclic amines) is 1. The maximum atomic E-state index is 12.5. The first-order valence-corrected chi connectivity index (χ1v) is 11.4. The van der Waals surface area contributed by atoms with Crippen LogP contribution in [0.25, 0.3) is 22.6 Å². The average molecular weight is 442 g/mol. The quantitative estimate of drug-likeness (QED) is 0.424. The topological polar surface area (TPSA) is 71.5 Å². The van der Waals surface area contributed by atoms with Crippen LogP contribution in [0, 0.1) is 5.92 Å². The van der Waals surface area contributed by atoms with Crippen LogP contribution in [0.1, 0.15) is 29.2 Å². The van der Waals surface area contributed by atoms with Crippen molar-refractivity contribution < 1.29 is 13.7 Å². The monoisotopic (exact) mass is 441 g/mol. The first-order chi connectivity index (χ1) is 16.2. The third-order valence-corrected chi connectivity index (χ3v) is 6.15. The lowest BCUT2D eigenvalue weighted by atomic mass is 9.96. The van der Waals surface area contributed by atoms with E-state index in [1.165, 1.54) is 0 Å². The molecule has 0 bridgehead atoms. The number of hydrogen-bond donors (Lipinski definition) is 1. The maximum Gasteiger partial charge on any atom is 0.287 e. The van der Waals surface area contributed by atoms with Crippen molar-refractivity contribution in [1.82, 2.24) is 15.4 Å². The Kier molecular flexibility index (Phi) is 6.35. The number of nitrogens with zero attached hydrogens (tertiary/aromatic N) is 2. The lowest BCUT2D eigenvalue weighted by Gasteiger charge is -2.31. The van der Waals surface area contributed by atoms with Crippen LogP contribution in [0.15, 0.2) is 87.8 Å². The summed E-state index contributed by atoms with van der Waals surface area (Å²) in [6.07, 6.45) is 2.07. The minimum Gasteiger partial charge on any atom is -0.451 e. The molecular formula is C27H27N3O3. The fourth-order valence-corrected chi connectivity index (χ4v) is 4.24. The van der Waals surface area contributed by atoms with Crippen molar-refractivity contribution in [2.24, 2.45) is 5.92 Å². The van der Waals surface area contributed by atoms with E-state index in [2.05, 4.69) is 15.4 Å². The summed E-state index contributed by atoms with van der Waals surface area (Å²) in [6, 6.07) is 25.5. The van der Waals surface area contributed by atoms with Crippen LogP contribution in [0.2, 0.25) is 0 Å². The van der Waals surface area contributed by atoms with Gasteiger partial charge in [0.15, 0.2) is 11.5 Å². The van der Waals surface area contributed by atoms with Crippen molar-refractivity contribution in [3.63, 3.8) is 0 Å². The number of aromatic nitrogens is 1. The Morgan fingerprint density at radius 2 is 1.64 bits per heavy atom. The van der Waals surface area contributed by atoms with Gasteiger partial charge in [-0.3, -0.25) is 9.69 Å². The zero-order chi connectivity index (χ0) is 22.5. The van der Waals surface area contributed by atoms with Gasteiger partial charge in [-0.25, -0.2) is 0 Å². The first-order valence-electron chi connectivity index (χ1n) is 11.4. The van der Waals surface area contributed by atoms with Gasteiger partial charge in [-0.05, 0) is 44.0 Å². The molecule has 0 unspecified atom stereocenters. The van der Waals surface area contributed by atoms with Gasteiger partial charge in [0.1, 0.15) is 11.5 Å². The number of hydrogen-bond acceptors (Lipinski definition) is 5. The molecule has 0 saturated carbocycles. The Balaban J connectivity index is 1.07. The van der Waals surface area contributed by atoms with E-state index in [4.69, 9.17) is 8.94 Å². The van der Waals surface area contributed by atoms with E-state index in [1.54, 1.807) is 6.07 Å². The molecule has 2 aromatic carbocycles. The highest BCUT2D eigenvalue weighted by Crippen LogP contribution is 2.23. The first kappa shape index (κ1) is 21.2. The summed E-state index contributed by atoms with van der Waals surface area (Å²) in [5.74, 6) is 2.24. The van der Waals surface area contributed by atoms with Gasteiger partial charge < -0.3 is 14.3 Å². The molecule has 1 amide bonds. The molecule has 168 valence electrons. The summed E-state index contributed by atoms with van der Waals surface area (Å²) in [7, 11) is 0. The van der Waals surface area contributed by atoms with E-state index in [9.17, 15) is 4.79 Å². The van der Waals surface area contributed by atoms with Gasteiger partial charge in [0, 0.05) is 23.7 Å². The Labute approximate surface area is 193 Å². The summed E-state index contributed by atoms with van der Waals surface area (Å²) >= 11 is 0. The highest BCUT2D eigenvalue weighted by molar-refractivity contribution is 5.92. The molecule has 3 heterocycles. The zero-order valence-electron chi connectivity index (χ0n) is 18.4. The third-order valence-electron chi connectivity index (χ3n) is 6.15. The number of amides is 1. The fourth-order valence-electron chi connectivity index (χ4n) is 4.24. The van der Waals surface area contributed by atoms with Crippen molar-refractivity contribution in [1.29, 1.82) is 0 Å². The van der Waals surface area contributed by atoms with Gasteiger partial charge >= 0.3 is 0 Å². The van der Waals surface area contributed by atoms with E-state index in [0.717, 1.165) is 55.1 Å². The normalized spacial score (nSPS) is 14.9. The van der Waals surface area contributed by atoms with Gasteiger partial charge in [0.05, 0.1) is 6.54 Å². The number of carbonyl (C=O) groups is 1. The standard InChI is InChI=1S/C27H27N3O3/c31-27(26-12-11-25(32-26)22-9-5-2-6-10-22)28-18-20-13-15-30(16-14-20)19-23-17-24(29-33-23)21-7-3-1-4-8-21/h1-12,17,20H,13-16,18-19H2,(H,28,31). The molecule has 1 N–H and O–H groups in total. The Morgan fingerprint density at radius 3 is 2.36 bits per heavy atom. The van der Waals surface area contributed by atoms with Crippen LogP contribution >= 0.6 is 0 Å².